The molecule has 144 valence electrons. The molecular formula is C20H32BClN2O2. The number of likely N-dealkylation sites (N-methyl/N-ethyl adjacent to an activating group) is 1. The largest absolute Gasteiger partial charge is 0.480 e. The highest BCUT2D eigenvalue weighted by atomic mass is 35.5. The second kappa shape index (κ2) is 10.3. The number of halogens is 1. The van der Waals surface area contributed by atoms with E-state index in [1.165, 1.54) is 5.56 Å². The Bertz CT molecular complexity index is 561. The van der Waals surface area contributed by atoms with E-state index in [2.05, 4.69) is 30.2 Å². The van der Waals surface area contributed by atoms with Gasteiger partial charge >= 0.3 is 5.97 Å². The van der Waals surface area contributed by atoms with Gasteiger partial charge in [0.25, 0.3) is 0 Å². The maximum Gasteiger partial charge on any atom is 0.323 e. The predicted molar refractivity (Wildman–Crippen MR) is 111 cm³/mol. The third kappa shape index (κ3) is 5.73. The number of aliphatic carboxylic acids is 1. The zero-order chi connectivity index (χ0) is 19.0. The molecule has 1 aromatic carbocycles. The Hall–Kier alpha value is -1.04. The summed E-state index contributed by atoms with van der Waals surface area (Å²) >= 11 is 5.98. The van der Waals surface area contributed by atoms with Crippen LogP contribution in [0.2, 0.25) is 11.3 Å². The average molecular weight is 379 g/mol. The van der Waals surface area contributed by atoms with E-state index in [-0.39, 0.29) is 0 Å². The van der Waals surface area contributed by atoms with E-state index in [9.17, 15) is 9.90 Å². The number of benzene rings is 1. The topological polar surface area (TPSA) is 52.6 Å². The molecule has 0 amide bonds. The summed E-state index contributed by atoms with van der Waals surface area (Å²) in [6.45, 7) is 2.90. The third-order valence-corrected chi connectivity index (χ3v) is 6.13. The lowest BCUT2D eigenvalue weighted by Crippen LogP contribution is -2.52. The van der Waals surface area contributed by atoms with Gasteiger partial charge in [-0.3, -0.25) is 4.79 Å². The summed E-state index contributed by atoms with van der Waals surface area (Å²) in [6.07, 6.45) is 6.76. The molecule has 26 heavy (non-hydrogen) atoms. The second-order valence-electron chi connectivity index (χ2n) is 7.51. The standard InChI is InChI=1S/C20H32BClN2O2/c1-23-20(19(25)26,10-2-3-12-21)11-15-24-13-8-17(9-14-24)16-4-6-18(22)7-5-16/h4-7,17,23H,2-3,8-15,21H2,1H3,(H,25,26). The quantitative estimate of drug-likeness (QED) is 0.485. The van der Waals surface area contributed by atoms with Crippen LogP contribution < -0.4 is 5.32 Å². The fourth-order valence-electron chi connectivity index (χ4n) is 3.95. The van der Waals surface area contributed by atoms with E-state index in [0.717, 1.165) is 56.7 Å². The maximum atomic E-state index is 11.9. The summed E-state index contributed by atoms with van der Waals surface area (Å²) in [4.78, 5) is 14.3. The molecular weight excluding hydrogens is 346 g/mol. The Balaban J connectivity index is 1.85. The summed E-state index contributed by atoms with van der Waals surface area (Å²) in [7, 11) is 3.93. The van der Waals surface area contributed by atoms with Crippen LogP contribution >= 0.6 is 11.6 Å². The number of nitrogens with one attached hydrogen (secondary N) is 1. The van der Waals surface area contributed by atoms with Gasteiger partial charge in [-0.2, -0.15) is 0 Å². The molecule has 2 N–H and O–H groups in total. The molecule has 0 aliphatic carbocycles. The number of rotatable bonds is 10. The number of piperidine rings is 1. The lowest BCUT2D eigenvalue weighted by molar-refractivity contribution is -0.145. The number of hydrogen-bond acceptors (Lipinski definition) is 3. The first-order valence-corrected chi connectivity index (χ1v) is 10.3. The van der Waals surface area contributed by atoms with Crippen molar-refractivity contribution >= 4 is 25.4 Å². The molecule has 0 spiro atoms. The minimum absolute atomic E-state index is 0.585. The van der Waals surface area contributed by atoms with Crippen molar-refractivity contribution in [1.29, 1.82) is 0 Å². The Morgan fingerprint density at radius 3 is 2.46 bits per heavy atom. The predicted octanol–water partition coefficient (Wildman–Crippen LogP) is 3.17. The van der Waals surface area contributed by atoms with Gasteiger partial charge in [-0.15, -0.1) is 0 Å². The SMILES string of the molecule is BCCCCC(CCN1CCC(c2ccc(Cl)cc2)CC1)(NC)C(=O)O. The smallest absolute Gasteiger partial charge is 0.323 e. The van der Waals surface area contributed by atoms with E-state index in [1.54, 1.807) is 7.05 Å². The van der Waals surface area contributed by atoms with E-state index < -0.39 is 11.5 Å². The number of carboxylic acids is 1. The Labute approximate surface area is 163 Å². The molecule has 1 heterocycles. The van der Waals surface area contributed by atoms with Crippen molar-refractivity contribution < 1.29 is 9.90 Å². The summed E-state index contributed by atoms with van der Waals surface area (Å²) in [5, 5.41) is 13.7. The van der Waals surface area contributed by atoms with Crippen LogP contribution in [0.4, 0.5) is 0 Å². The molecule has 6 heteroatoms. The minimum Gasteiger partial charge on any atom is -0.480 e. The molecule has 0 bridgehead atoms. The van der Waals surface area contributed by atoms with Gasteiger partial charge in [0, 0.05) is 11.6 Å². The molecule has 2 rings (SSSR count). The van der Waals surface area contributed by atoms with Crippen LogP contribution in [0.1, 0.15) is 50.0 Å². The first-order valence-electron chi connectivity index (χ1n) is 9.91. The van der Waals surface area contributed by atoms with Crippen molar-refractivity contribution in [2.75, 3.05) is 26.7 Å². The normalized spacial score (nSPS) is 18.5. The van der Waals surface area contributed by atoms with Gasteiger partial charge in [-0.05, 0) is 69.4 Å². The fraction of sp³-hybridized carbons (Fsp3) is 0.650. The van der Waals surface area contributed by atoms with Gasteiger partial charge < -0.3 is 15.3 Å². The summed E-state index contributed by atoms with van der Waals surface area (Å²) in [5.74, 6) is -0.131. The van der Waals surface area contributed by atoms with E-state index >= 15 is 0 Å². The zero-order valence-electron chi connectivity index (χ0n) is 16.1. The average Bonchev–Trinajstić information content (AvgIpc) is 2.65. The zero-order valence-corrected chi connectivity index (χ0v) is 16.9. The van der Waals surface area contributed by atoms with Gasteiger partial charge in [0.1, 0.15) is 13.4 Å². The van der Waals surface area contributed by atoms with Gasteiger partial charge in [-0.25, -0.2) is 0 Å². The second-order valence-corrected chi connectivity index (χ2v) is 7.95. The molecule has 1 aliphatic rings. The molecule has 1 unspecified atom stereocenters. The van der Waals surface area contributed by atoms with E-state index in [0.29, 0.717) is 18.8 Å². The first-order chi connectivity index (χ1) is 12.5. The third-order valence-electron chi connectivity index (χ3n) is 5.88. The molecule has 0 saturated carbocycles. The van der Waals surface area contributed by atoms with Crippen LogP contribution in [-0.4, -0.2) is 56.0 Å². The van der Waals surface area contributed by atoms with Crippen molar-refractivity contribution in [2.24, 2.45) is 0 Å². The Morgan fingerprint density at radius 2 is 1.92 bits per heavy atom. The number of carbonyl (C=O) groups is 1. The summed E-state index contributed by atoms with van der Waals surface area (Å²) < 4.78 is 0. The van der Waals surface area contributed by atoms with Crippen molar-refractivity contribution in [1.82, 2.24) is 10.2 Å². The Kier molecular flexibility index (Phi) is 8.46. The van der Waals surface area contributed by atoms with Crippen molar-refractivity contribution in [3.8, 4) is 0 Å². The van der Waals surface area contributed by atoms with Crippen LogP contribution in [0, 0.1) is 0 Å². The van der Waals surface area contributed by atoms with Crippen LogP contribution in [0.15, 0.2) is 24.3 Å². The van der Waals surface area contributed by atoms with Crippen molar-refractivity contribution in [2.45, 2.75) is 56.3 Å². The van der Waals surface area contributed by atoms with Gasteiger partial charge in [0.2, 0.25) is 0 Å². The van der Waals surface area contributed by atoms with Crippen LogP contribution in [-0.2, 0) is 4.79 Å². The molecule has 1 atom stereocenters. The van der Waals surface area contributed by atoms with Crippen molar-refractivity contribution in [3.63, 3.8) is 0 Å². The molecule has 0 radical (unpaired) electrons. The first kappa shape index (κ1) is 21.3. The van der Waals surface area contributed by atoms with E-state index in [1.807, 2.05) is 12.1 Å². The van der Waals surface area contributed by atoms with Crippen LogP contribution in [0.25, 0.3) is 0 Å². The number of hydrogen-bond donors (Lipinski definition) is 2. The molecule has 1 aliphatic heterocycles. The lowest BCUT2D eigenvalue weighted by atomic mass is 9.86. The maximum absolute atomic E-state index is 11.9. The number of unbranched alkanes of at least 4 members (excludes halogenated alkanes) is 1. The summed E-state index contributed by atoms with van der Waals surface area (Å²) in [6, 6.07) is 8.20. The number of nitrogens with zero attached hydrogens (tertiary/aromatic N) is 1. The van der Waals surface area contributed by atoms with Gasteiger partial charge in [0.15, 0.2) is 0 Å². The molecule has 4 nitrogen and oxygen atoms in total. The van der Waals surface area contributed by atoms with Gasteiger partial charge in [-0.1, -0.05) is 42.9 Å². The molecule has 0 aromatic heterocycles. The number of likely N-dealkylation sites (tertiary alicyclic amines) is 1. The van der Waals surface area contributed by atoms with E-state index in [4.69, 9.17) is 11.6 Å². The summed E-state index contributed by atoms with van der Waals surface area (Å²) in [5.41, 5.74) is 0.575. The van der Waals surface area contributed by atoms with Crippen molar-refractivity contribution in [3.05, 3.63) is 34.9 Å². The van der Waals surface area contributed by atoms with Crippen LogP contribution in [0.3, 0.4) is 0 Å². The highest BCUT2D eigenvalue weighted by Gasteiger charge is 2.36. The number of carboxylic acid groups (broad SMARTS) is 1. The molecule has 1 saturated heterocycles. The van der Waals surface area contributed by atoms with Gasteiger partial charge in [0.05, 0.1) is 0 Å². The highest BCUT2D eigenvalue weighted by molar-refractivity contribution is 6.30. The molecule has 1 fully saturated rings. The Morgan fingerprint density at radius 1 is 1.27 bits per heavy atom. The van der Waals surface area contributed by atoms with Crippen LogP contribution in [0.5, 0.6) is 0 Å². The monoisotopic (exact) mass is 378 g/mol. The fourth-order valence-corrected chi connectivity index (χ4v) is 4.07. The molecule has 1 aromatic rings. The highest BCUT2D eigenvalue weighted by Crippen LogP contribution is 2.29. The minimum atomic E-state index is -0.789. The lowest BCUT2D eigenvalue weighted by Gasteiger charge is -2.36.